The maximum atomic E-state index is 11.1. The lowest BCUT2D eigenvalue weighted by molar-refractivity contribution is -0.128. The number of fused-ring (bicyclic) bond motifs is 1. The van der Waals surface area contributed by atoms with Crippen LogP contribution in [0.1, 0.15) is 18.1 Å². The van der Waals surface area contributed by atoms with Gasteiger partial charge in [0, 0.05) is 26.9 Å². The summed E-state index contributed by atoms with van der Waals surface area (Å²) in [5, 5.41) is 0. The molecular weight excluding hydrogens is 190 g/mol. The third-order valence-electron chi connectivity index (χ3n) is 2.71. The zero-order valence-corrected chi connectivity index (χ0v) is 9.12. The molecule has 15 heavy (non-hydrogen) atoms. The predicted molar refractivity (Wildman–Crippen MR) is 57.8 cm³/mol. The lowest BCUT2D eigenvalue weighted by atomic mass is 10.1. The third-order valence-corrected chi connectivity index (χ3v) is 2.71. The van der Waals surface area contributed by atoms with E-state index in [0.29, 0.717) is 6.54 Å². The minimum atomic E-state index is 0.0896. The van der Waals surface area contributed by atoms with E-state index in [-0.39, 0.29) is 5.91 Å². The Balaban J connectivity index is 2.13. The number of amides is 1. The molecule has 0 unspecified atom stereocenters. The van der Waals surface area contributed by atoms with Gasteiger partial charge in [0.2, 0.25) is 5.91 Å². The molecule has 80 valence electrons. The van der Waals surface area contributed by atoms with Crippen LogP contribution in [-0.4, -0.2) is 24.5 Å². The second kappa shape index (κ2) is 3.93. The topological polar surface area (TPSA) is 29.5 Å². The Morgan fingerprint density at radius 2 is 2.33 bits per heavy atom. The van der Waals surface area contributed by atoms with Crippen LogP contribution in [0.15, 0.2) is 18.2 Å². The molecule has 2 rings (SSSR count). The van der Waals surface area contributed by atoms with Crippen LogP contribution < -0.4 is 4.74 Å². The number of benzene rings is 1. The van der Waals surface area contributed by atoms with Crippen molar-refractivity contribution < 1.29 is 9.53 Å². The predicted octanol–water partition coefficient (Wildman–Crippen LogP) is 1.60. The molecule has 1 aliphatic heterocycles. The van der Waals surface area contributed by atoms with Crippen LogP contribution in [0.3, 0.4) is 0 Å². The van der Waals surface area contributed by atoms with E-state index in [4.69, 9.17) is 4.74 Å². The van der Waals surface area contributed by atoms with Gasteiger partial charge in [0.15, 0.2) is 0 Å². The van der Waals surface area contributed by atoms with Crippen molar-refractivity contribution in [2.24, 2.45) is 0 Å². The van der Waals surface area contributed by atoms with Gasteiger partial charge in [-0.15, -0.1) is 0 Å². The van der Waals surface area contributed by atoms with Gasteiger partial charge in [0.25, 0.3) is 0 Å². The van der Waals surface area contributed by atoms with E-state index in [9.17, 15) is 4.79 Å². The highest BCUT2D eigenvalue weighted by atomic mass is 16.5. The quantitative estimate of drug-likeness (QED) is 0.734. The van der Waals surface area contributed by atoms with Gasteiger partial charge in [-0.1, -0.05) is 12.1 Å². The average molecular weight is 205 g/mol. The number of carbonyl (C=O) groups excluding carboxylic acids is 1. The fraction of sp³-hybridized carbons (Fsp3) is 0.417. The monoisotopic (exact) mass is 205 g/mol. The summed E-state index contributed by atoms with van der Waals surface area (Å²) >= 11 is 0. The summed E-state index contributed by atoms with van der Waals surface area (Å²) in [5.41, 5.74) is 2.42. The molecule has 0 aromatic heterocycles. The van der Waals surface area contributed by atoms with E-state index >= 15 is 0 Å². The SMILES string of the molecule is CC(=O)N(C)Cc1ccc2c(c1)CCO2. The molecule has 1 heterocycles. The summed E-state index contributed by atoms with van der Waals surface area (Å²) in [6, 6.07) is 6.14. The van der Waals surface area contributed by atoms with Gasteiger partial charge < -0.3 is 9.64 Å². The van der Waals surface area contributed by atoms with Gasteiger partial charge in [-0.25, -0.2) is 0 Å². The van der Waals surface area contributed by atoms with Gasteiger partial charge >= 0.3 is 0 Å². The van der Waals surface area contributed by atoms with Crippen LogP contribution in [-0.2, 0) is 17.8 Å². The molecule has 0 saturated heterocycles. The summed E-state index contributed by atoms with van der Waals surface area (Å²) in [6.07, 6.45) is 0.979. The van der Waals surface area contributed by atoms with Gasteiger partial charge in [-0.05, 0) is 17.2 Å². The van der Waals surface area contributed by atoms with E-state index in [1.54, 1.807) is 11.8 Å². The zero-order chi connectivity index (χ0) is 10.8. The highest BCUT2D eigenvalue weighted by Gasteiger charge is 2.12. The van der Waals surface area contributed by atoms with Crippen LogP contribution in [0.4, 0.5) is 0 Å². The Labute approximate surface area is 89.7 Å². The summed E-state index contributed by atoms with van der Waals surface area (Å²) < 4.78 is 5.43. The van der Waals surface area contributed by atoms with Crippen molar-refractivity contribution in [2.45, 2.75) is 19.9 Å². The van der Waals surface area contributed by atoms with Crippen molar-refractivity contribution in [1.29, 1.82) is 0 Å². The zero-order valence-electron chi connectivity index (χ0n) is 9.12. The normalized spacial score (nSPS) is 13.2. The Bertz CT molecular complexity index is 387. The molecule has 0 atom stereocenters. The van der Waals surface area contributed by atoms with Crippen LogP contribution in [0.5, 0.6) is 5.75 Å². The van der Waals surface area contributed by atoms with E-state index < -0.39 is 0 Å². The molecule has 0 saturated carbocycles. The minimum absolute atomic E-state index is 0.0896. The van der Waals surface area contributed by atoms with E-state index in [0.717, 1.165) is 24.3 Å². The maximum absolute atomic E-state index is 11.1. The first-order chi connectivity index (χ1) is 7.16. The molecule has 0 spiro atoms. The number of rotatable bonds is 2. The van der Waals surface area contributed by atoms with E-state index in [2.05, 4.69) is 6.07 Å². The van der Waals surface area contributed by atoms with Crippen molar-refractivity contribution >= 4 is 5.91 Å². The Morgan fingerprint density at radius 1 is 1.53 bits per heavy atom. The van der Waals surface area contributed by atoms with Crippen molar-refractivity contribution in [2.75, 3.05) is 13.7 Å². The first-order valence-corrected chi connectivity index (χ1v) is 5.13. The molecule has 0 radical (unpaired) electrons. The highest BCUT2D eigenvalue weighted by Crippen LogP contribution is 2.26. The summed E-state index contributed by atoms with van der Waals surface area (Å²) in [6.45, 7) is 3.03. The highest BCUT2D eigenvalue weighted by molar-refractivity contribution is 5.72. The smallest absolute Gasteiger partial charge is 0.219 e. The summed E-state index contributed by atoms with van der Waals surface area (Å²) in [7, 11) is 1.81. The van der Waals surface area contributed by atoms with E-state index in [1.165, 1.54) is 5.56 Å². The molecular formula is C12H15NO2. The fourth-order valence-electron chi connectivity index (χ4n) is 1.72. The Hall–Kier alpha value is -1.51. The summed E-state index contributed by atoms with van der Waals surface area (Å²) in [4.78, 5) is 12.8. The molecule has 0 aliphatic carbocycles. The largest absolute Gasteiger partial charge is 0.493 e. The molecule has 0 bridgehead atoms. The number of hydrogen-bond donors (Lipinski definition) is 0. The van der Waals surface area contributed by atoms with Gasteiger partial charge in [-0.3, -0.25) is 4.79 Å². The second-order valence-corrected chi connectivity index (χ2v) is 3.92. The van der Waals surface area contributed by atoms with Crippen LogP contribution in [0.25, 0.3) is 0 Å². The molecule has 1 aromatic carbocycles. The lowest BCUT2D eigenvalue weighted by Gasteiger charge is -2.15. The second-order valence-electron chi connectivity index (χ2n) is 3.92. The molecule has 0 N–H and O–H groups in total. The molecule has 1 aliphatic rings. The van der Waals surface area contributed by atoms with Crippen molar-refractivity contribution in [3.8, 4) is 5.75 Å². The van der Waals surface area contributed by atoms with Crippen molar-refractivity contribution in [3.05, 3.63) is 29.3 Å². The van der Waals surface area contributed by atoms with Gasteiger partial charge in [0.1, 0.15) is 5.75 Å². The van der Waals surface area contributed by atoms with Crippen molar-refractivity contribution in [1.82, 2.24) is 4.90 Å². The number of carbonyl (C=O) groups is 1. The third kappa shape index (κ3) is 2.12. The first-order valence-electron chi connectivity index (χ1n) is 5.13. The lowest BCUT2D eigenvalue weighted by Crippen LogP contribution is -2.22. The Morgan fingerprint density at radius 3 is 3.07 bits per heavy atom. The first kappa shape index (κ1) is 10.0. The maximum Gasteiger partial charge on any atom is 0.219 e. The van der Waals surface area contributed by atoms with E-state index in [1.807, 2.05) is 19.2 Å². The molecule has 1 amide bonds. The van der Waals surface area contributed by atoms with Gasteiger partial charge in [-0.2, -0.15) is 0 Å². The summed E-state index contributed by atoms with van der Waals surface area (Å²) in [5.74, 6) is 1.08. The van der Waals surface area contributed by atoms with Crippen LogP contribution in [0, 0.1) is 0 Å². The van der Waals surface area contributed by atoms with Gasteiger partial charge in [0.05, 0.1) is 6.61 Å². The number of ether oxygens (including phenoxy) is 1. The number of nitrogens with zero attached hydrogens (tertiary/aromatic N) is 1. The molecule has 0 fully saturated rings. The number of hydrogen-bond acceptors (Lipinski definition) is 2. The minimum Gasteiger partial charge on any atom is -0.493 e. The standard InChI is InChI=1S/C12H15NO2/c1-9(14)13(2)8-10-3-4-12-11(7-10)5-6-15-12/h3-4,7H,5-6,8H2,1-2H3. The van der Waals surface area contributed by atoms with Crippen LogP contribution >= 0.6 is 0 Å². The molecule has 1 aromatic rings. The Kier molecular flexibility index (Phi) is 2.62. The molecule has 3 heteroatoms. The van der Waals surface area contributed by atoms with Crippen LogP contribution in [0.2, 0.25) is 0 Å². The average Bonchev–Trinajstić information content (AvgIpc) is 2.64. The molecule has 3 nitrogen and oxygen atoms in total. The van der Waals surface area contributed by atoms with Crippen molar-refractivity contribution in [3.63, 3.8) is 0 Å². The fourth-order valence-corrected chi connectivity index (χ4v) is 1.72.